The molecule has 13 heavy (non-hydrogen) atoms. The molecule has 0 aromatic rings. The van der Waals surface area contributed by atoms with Crippen molar-refractivity contribution >= 4 is 5.78 Å². The first-order chi connectivity index (χ1) is 6.01. The third-order valence-corrected chi connectivity index (χ3v) is 4.00. The molecule has 2 atom stereocenters. The molecule has 0 aromatic carbocycles. The summed E-state index contributed by atoms with van der Waals surface area (Å²) in [5, 5.41) is 0. The maximum Gasteiger partial charge on any atom is 0.152 e. The number of carbonyl (C=O) groups excluding carboxylic acids is 1. The van der Waals surface area contributed by atoms with Gasteiger partial charge in [-0.05, 0) is 49.5 Å². The van der Waals surface area contributed by atoms with E-state index in [9.17, 15) is 4.79 Å². The molecule has 0 spiro atoms. The van der Waals surface area contributed by atoms with Crippen molar-refractivity contribution in [1.29, 1.82) is 0 Å². The van der Waals surface area contributed by atoms with Crippen LogP contribution >= 0.6 is 0 Å². The highest BCUT2D eigenvalue weighted by atomic mass is 16.1. The number of hydrogen-bond acceptors (Lipinski definition) is 1. The van der Waals surface area contributed by atoms with Crippen LogP contribution in [-0.4, -0.2) is 5.78 Å². The molecular weight excluding hydrogens is 160 g/mol. The summed E-state index contributed by atoms with van der Waals surface area (Å²) in [5.74, 6) is 1.78. The van der Waals surface area contributed by atoms with Crippen LogP contribution in [0.25, 0.3) is 0 Å². The first-order valence-electron chi connectivity index (χ1n) is 5.24. The maximum absolute atomic E-state index is 11.1. The van der Waals surface area contributed by atoms with Gasteiger partial charge in [-0.3, -0.25) is 4.79 Å². The van der Waals surface area contributed by atoms with Crippen LogP contribution < -0.4 is 0 Å². The molecule has 2 rings (SSSR count). The van der Waals surface area contributed by atoms with Gasteiger partial charge in [0.15, 0.2) is 5.78 Å². The molecule has 0 saturated heterocycles. The maximum atomic E-state index is 11.1. The summed E-state index contributed by atoms with van der Waals surface area (Å²) >= 11 is 0. The van der Waals surface area contributed by atoms with E-state index in [0.717, 1.165) is 11.8 Å². The van der Waals surface area contributed by atoms with Crippen molar-refractivity contribution in [2.45, 2.75) is 40.0 Å². The van der Waals surface area contributed by atoms with E-state index in [4.69, 9.17) is 0 Å². The molecule has 0 aromatic heterocycles. The van der Waals surface area contributed by atoms with Gasteiger partial charge in [0.25, 0.3) is 0 Å². The van der Waals surface area contributed by atoms with Crippen LogP contribution in [0.4, 0.5) is 0 Å². The fourth-order valence-electron chi connectivity index (χ4n) is 3.20. The summed E-state index contributed by atoms with van der Waals surface area (Å²) in [5.41, 5.74) is 1.73. The molecular formula is C12H18O. The highest BCUT2D eigenvalue weighted by Gasteiger charge is 2.48. The Kier molecular flexibility index (Phi) is 1.86. The summed E-state index contributed by atoms with van der Waals surface area (Å²) in [4.78, 5) is 11.1. The Morgan fingerprint density at radius 2 is 2.15 bits per heavy atom. The van der Waals surface area contributed by atoms with E-state index in [1.165, 1.54) is 24.8 Å². The number of hydrogen-bond donors (Lipinski definition) is 0. The zero-order valence-electron chi connectivity index (χ0n) is 8.76. The number of carbonyl (C=O) groups is 1. The SMILES string of the molecule is CC(=O)/C=C1\C2CCC(C2)C1(C)C. The van der Waals surface area contributed by atoms with E-state index in [1.54, 1.807) is 6.92 Å². The van der Waals surface area contributed by atoms with Crippen molar-refractivity contribution in [3.05, 3.63) is 11.6 Å². The molecule has 1 heteroatoms. The second kappa shape index (κ2) is 2.70. The van der Waals surface area contributed by atoms with Crippen LogP contribution in [0.2, 0.25) is 0 Å². The quantitative estimate of drug-likeness (QED) is 0.564. The highest BCUT2D eigenvalue weighted by molar-refractivity contribution is 5.88. The Bertz CT molecular complexity index is 273. The third kappa shape index (κ3) is 1.25. The normalized spacial score (nSPS) is 38.5. The van der Waals surface area contributed by atoms with Gasteiger partial charge in [-0.1, -0.05) is 19.4 Å². The smallest absolute Gasteiger partial charge is 0.152 e. The van der Waals surface area contributed by atoms with Crippen molar-refractivity contribution in [2.75, 3.05) is 0 Å². The van der Waals surface area contributed by atoms with Gasteiger partial charge in [0, 0.05) is 0 Å². The van der Waals surface area contributed by atoms with Crippen molar-refractivity contribution in [1.82, 2.24) is 0 Å². The van der Waals surface area contributed by atoms with Crippen LogP contribution in [-0.2, 0) is 4.79 Å². The number of rotatable bonds is 1. The fourth-order valence-corrected chi connectivity index (χ4v) is 3.20. The Hall–Kier alpha value is -0.590. The fraction of sp³-hybridized carbons (Fsp3) is 0.750. The zero-order chi connectivity index (χ0) is 9.64. The lowest BCUT2D eigenvalue weighted by atomic mass is 9.72. The second-order valence-corrected chi connectivity index (χ2v) is 5.14. The monoisotopic (exact) mass is 178 g/mol. The average molecular weight is 178 g/mol. The molecule has 0 heterocycles. The van der Waals surface area contributed by atoms with Gasteiger partial charge in [0.05, 0.1) is 0 Å². The minimum Gasteiger partial charge on any atom is -0.295 e. The summed E-state index contributed by atoms with van der Waals surface area (Å²) in [7, 11) is 0. The molecule has 0 aliphatic heterocycles. The van der Waals surface area contributed by atoms with Crippen molar-refractivity contribution < 1.29 is 4.79 Å². The Labute approximate surface area is 80.2 Å². The van der Waals surface area contributed by atoms with Gasteiger partial charge in [-0.25, -0.2) is 0 Å². The van der Waals surface area contributed by atoms with E-state index in [2.05, 4.69) is 13.8 Å². The van der Waals surface area contributed by atoms with Crippen molar-refractivity contribution in [3.63, 3.8) is 0 Å². The van der Waals surface area contributed by atoms with Crippen molar-refractivity contribution in [3.8, 4) is 0 Å². The Balaban J connectivity index is 2.34. The first-order valence-corrected chi connectivity index (χ1v) is 5.24. The molecule has 0 radical (unpaired) electrons. The van der Waals surface area contributed by atoms with Gasteiger partial charge in [0.2, 0.25) is 0 Å². The van der Waals surface area contributed by atoms with E-state index in [0.29, 0.717) is 5.41 Å². The molecule has 2 fully saturated rings. The van der Waals surface area contributed by atoms with Gasteiger partial charge < -0.3 is 0 Å². The topological polar surface area (TPSA) is 17.1 Å². The lowest BCUT2D eigenvalue weighted by Gasteiger charge is -2.32. The summed E-state index contributed by atoms with van der Waals surface area (Å²) in [6, 6.07) is 0. The van der Waals surface area contributed by atoms with Crippen molar-refractivity contribution in [2.24, 2.45) is 17.3 Å². The number of fused-ring (bicyclic) bond motifs is 2. The van der Waals surface area contributed by atoms with E-state index in [-0.39, 0.29) is 5.78 Å². The molecule has 2 bridgehead atoms. The average Bonchev–Trinajstić information content (AvgIpc) is 2.53. The minimum atomic E-state index is 0.218. The highest BCUT2D eigenvalue weighted by Crippen LogP contribution is 2.58. The molecule has 72 valence electrons. The molecule has 2 unspecified atom stereocenters. The molecule has 0 amide bonds. The van der Waals surface area contributed by atoms with E-state index in [1.807, 2.05) is 6.08 Å². The largest absolute Gasteiger partial charge is 0.295 e. The second-order valence-electron chi connectivity index (χ2n) is 5.14. The molecule has 2 saturated carbocycles. The number of ketones is 1. The summed E-state index contributed by atoms with van der Waals surface area (Å²) < 4.78 is 0. The molecule has 0 N–H and O–H groups in total. The van der Waals surface area contributed by atoms with E-state index < -0.39 is 0 Å². The Morgan fingerprint density at radius 1 is 1.46 bits per heavy atom. The van der Waals surface area contributed by atoms with Crippen LogP contribution in [0.15, 0.2) is 11.6 Å². The van der Waals surface area contributed by atoms with Gasteiger partial charge in [-0.15, -0.1) is 0 Å². The lowest BCUT2D eigenvalue weighted by Crippen LogP contribution is -2.23. The van der Waals surface area contributed by atoms with Gasteiger partial charge in [0.1, 0.15) is 0 Å². The van der Waals surface area contributed by atoms with Crippen LogP contribution in [0.5, 0.6) is 0 Å². The summed E-state index contributed by atoms with van der Waals surface area (Å²) in [6.45, 7) is 6.26. The number of allylic oxidation sites excluding steroid dienone is 2. The zero-order valence-corrected chi connectivity index (χ0v) is 8.76. The molecule has 2 aliphatic rings. The van der Waals surface area contributed by atoms with Crippen LogP contribution in [0.3, 0.4) is 0 Å². The lowest BCUT2D eigenvalue weighted by molar-refractivity contribution is -0.112. The van der Waals surface area contributed by atoms with Crippen LogP contribution in [0.1, 0.15) is 40.0 Å². The third-order valence-electron chi connectivity index (χ3n) is 4.00. The molecule has 1 nitrogen and oxygen atoms in total. The van der Waals surface area contributed by atoms with Gasteiger partial charge in [-0.2, -0.15) is 0 Å². The Morgan fingerprint density at radius 3 is 2.62 bits per heavy atom. The van der Waals surface area contributed by atoms with Gasteiger partial charge >= 0.3 is 0 Å². The van der Waals surface area contributed by atoms with E-state index >= 15 is 0 Å². The predicted molar refractivity (Wildman–Crippen MR) is 53.4 cm³/mol. The summed E-state index contributed by atoms with van der Waals surface area (Å²) in [6.07, 6.45) is 5.90. The molecule has 2 aliphatic carbocycles. The standard InChI is InChI=1S/C12H18O/c1-8(13)6-11-9-4-5-10(7-9)12(11,2)3/h6,9-10H,4-5,7H2,1-3H3/b11-6+. The van der Waals surface area contributed by atoms with Crippen LogP contribution in [0, 0.1) is 17.3 Å². The minimum absolute atomic E-state index is 0.218. The predicted octanol–water partition coefficient (Wildman–Crippen LogP) is 2.96. The first kappa shape index (κ1) is 8.98.